The van der Waals surface area contributed by atoms with Crippen LogP contribution in [-0.2, 0) is 4.74 Å². The second-order valence-corrected chi connectivity index (χ2v) is 3.38. The molecule has 0 radical (unpaired) electrons. The molecule has 0 amide bonds. The van der Waals surface area contributed by atoms with Crippen LogP contribution in [0.25, 0.3) is 0 Å². The third kappa shape index (κ3) is 6.38. The first-order valence-corrected chi connectivity index (χ1v) is 4.49. The molecule has 2 nitrogen and oxygen atoms in total. The fourth-order valence-electron chi connectivity index (χ4n) is 1.14. The van der Waals surface area contributed by atoms with Crippen molar-refractivity contribution >= 4 is 0 Å². The molecule has 2 heteroatoms. The highest BCUT2D eigenvalue weighted by Gasteiger charge is 2.06. The Hall–Kier alpha value is -0.340. The highest BCUT2D eigenvalue weighted by atomic mass is 16.5. The summed E-state index contributed by atoms with van der Waals surface area (Å²) in [7, 11) is 1.74. The van der Waals surface area contributed by atoms with E-state index in [0.717, 1.165) is 12.8 Å². The Morgan fingerprint density at radius 1 is 1.33 bits per heavy atom. The Labute approximate surface area is 75.2 Å². The molecule has 0 fully saturated rings. The summed E-state index contributed by atoms with van der Waals surface area (Å²) in [5, 5.41) is 8.51. The van der Waals surface area contributed by atoms with Gasteiger partial charge < -0.3 is 9.84 Å². The van der Waals surface area contributed by atoms with Gasteiger partial charge in [-0.3, -0.25) is 0 Å². The first-order chi connectivity index (χ1) is 5.70. The molecule has 1 atom stereocenters. The molecule has 1 unspecified atom stereocenters. The second kappa shape index (κ2) is 7.32. The van der Waals surface area contributed by atoms with Crippen LogP contribution in [0.5, 0.6) is 0 Å². The maximum absolute atomic E-state index is 8.51. The van der Waals surface area contributed by atoms with Crippen LogP contribution in [0, 0.1) is 5.92 Å². The monoisotopic (exact) mass is 172 g/mol. The molecule has 0 aromatic carbocycles. The number of aliphatic hydroxyl groups is 1. The van der Waals surface area contributed by atoms with Crippen molar-refractivity contribution in [3.8, 4) is 0 Å². The van der Waals surface area contributed by atoms with E-state index in [-0.39, 0.29) is 6.61 Å². The van der Waals surface area contributed by atoms with Crippen LogP contribution in [0.3, 0.4) is 0 Å². The van der Waals surface area contributed by atoms with Crippen LogP contribution < -0.4 is 0 Å². The molecule has 72 valence electrons. The summed E-state index contributed by atoms with van der Waals surface area (Å²) in [4.78, 5) is 0. The maximum atomic E-state index is 8.51. The fourth-order valence-corrected chi connectivity index (χ4v) is 1.14. The molecule has 0 aliphatic carbocycles. The zero-order valence-electron chi connectivity index (χ0n) is 8.29. The smallest absolute Gasteiger partial charge is 0.0612 e. The van der Waals surface area contributed by atoms with Crippen molar-refractivity contribution in [3.05, 3.63) is 12.2 Å². The van der Waals surface area contributed by atoms with Crippen molar-refractivity contribution in [2.45, 2.75) is 32.8 Å². The molecular formula is C10H20O2. The molecule has 1 N–H and O–H groups in total. The number of hydrogen-bond donors (Lipinski definition) is 1. The summed E-state index contributed by atoms with van der Waals surface area (Å²) in [5.74, 6) is 0.664. The fraction of sp³-hybridized carbons (Fsp3) is 0.800. The highest BCUT2D eigenvalue weighted by Crippen LogP contribution is 2.11. The zero-order valence-corrected chi connectivity index (χ0v) is 8.29. The van der Waals surface area contributed by atoms with E-state index in [2.05, 4.69) is 13.8 Å². The van der Waals surface area contributed by atoms with Crippen LogP contribution >= 0.6 is 0 Å². The summed E-state index contributed by atoms with van der Waals surface area (Å²) in [6, 6.07) is 0. The molecule has 0 saturated carbocycles. The van der Waals surface area contributed by atoms with Gasteiger partial charge in [0.15, 0.2) is 0 Å². The van der Waals surface area contributed by atoms with Gasteiger partial charge in [-0.2, -0.15) is 0 Å². The molecular weight excluding hydrogens is 152 g/mol. The van der Waals surface area contributed by atoms with Gasteiger partial charge in [-0.15, -0.1) is 0 Å². The minimum Gasteiger partial charge on any atom is -0.392 e. The van der Waals surface area contributed by atoms with Crippen LogP contribution in [-0.4, -0.2) is 24.9 Å². The van der Waals surface area contributed by atoms with Gasteiger partial charge in [0.2, 0.25) is 0 Å². The van der Waals surface area contributed by atoms with Crippen molar-refractivity contribution in [1.29, 1.82) is 0 Å². The summed E-state index contributed by atoms with van der Waals surface area (Å²) >= 11 is 0. The maximum Gasteiger partial charge on any atom is 0.0612 e. The molecule has 0 aromatic heterocycles. The van der Waals surface area contributed by atoms with E-state index in [1.807, 2.05) is 6.08 Å². The first-order valence-electron chi connectivity index (χ1n) is 4.49. The van der Waals surface area contributed by atoms with Gasteiger partial charge in [-0.1, -0.05) is 26.0 Å². The van der Waals surface area contributed by atoms with Gasteiger partial charge in [-0.05, 0) is 18.8 Å². The number of ether oxygens (including phenoxy) is 1. The van der Waals surface area contributed by atoms with Gasteiger partial charge in [-0.25, -0.2) is 0 Å². The number of aliphatic hydroxyl groups excluding tert-OH is 1. The van der Waals surface area contributed by atoms with Crippen molar-refractivity contribution in [2.75, 3.05) is 13.7 Å². The molecule has 0 bridgehead atoms. The van der Waals surface area contributed by atoms with E-state index in [0.29, 0.717) is 12.0 Å². The summed E-state index contributed by atoms with van der Waals surface area (Å²) < 4.78 is 5.27. The standard InChI is InChI=1S/C10H20O2/c1-9(2)8-10(12-3)6-4-5-7-11/h4-5,9-11H,6-8H2,1-3H3. The van der Waals surface area contributed by atoms with Crippen LogP contribution in [0.1, 0.15) is 26.7 Å². The molecule has 0 saturated heterocycles. The zero-order chi connectivity index (χ0) is 9.40. The highest BCUT2D eigenvalue weighted by molar-refractivity contribution is 4.84. The Kier molecular flexibility index (Phi) is 7.11. The van der Waals surface area contributed by atoms with Crippen molar-refractivity contribution in [3.63, 3.8) is 0 Å². The SMILES string of the molecule is COC(CC=CCO)CC(C)C. The van der Waals surface area contributed by atoms with E-state index in [9.17, 15) is 0 Å². The van der Waals surface area contributed by atoms with E-state index >= 15 is 0 Å². The molecule has 0 heterocycles. The lowest BCUT2D eigenvalue weighted by atomic mass is 10.0. The van der Waals surface area contributed by atoms with E-state index in [1.165, 1.54) is 0 Å². The number of hydrogen-bond acceptors (Lipinski definition) is 2. The minimum absolute atomic E-state index is 0.123. The predicted molar refractivity (Wildman–Crippen MR) is 51.1 cm³/mol. The van der Waals surface area contributed by atoms with Crippen molar-refractivity contribution in [1.82, 2.24) is 0 Å². The first kappa shape index (κ1) is 11.7. The van der Waals surface area contributed by atoms with Gasteiger partial charge >= 0.3 is 0 Å². The van der Waals surface area contributed by atoms with Gasteiger partial charge in [0.05, 0.1) is 12.7 Å². The third-order valence-electron chi connectivity index (χ3n) is 1.74. The molecule has 0 aliphatic heterocycles. The van der Waals surface area contributed by atoms with Crippen molar-refractivity contribution in [2.24, 2.45) is 5.92 Å². The van der Waals surface area contributed by atoms with Crippen LogP contribution in [0.2, 0.25) is 0 Å². The Balaban J connectivity index is 3.60. The van der Waals surface area contributed by atoms with Gasteiger partial charge in [0, 0.05) is 7.11 Å². The van der Waals surface area contributed by atoms with E-state index in [1.54, 1.807) is 13.2 Å². The summed E-state index contributed by atoms with van der Waals surface area (Å²) in [5.41, 5.74) is 0. The number of methoxy groups -OCH3 is 1. The molecule has 0 aromatic rings. The molecule has 0 spiro atoms. The number of rotatable bonds is 6. The lowest BCUT2D eigenvalue weighted by Crippen LogP contribution is -2.12. The molecule has 12 heavy (non-hydrogen) atoms. The van der Waals surface area contributed by atoms with Gasteiger partial charge in [0.25, 0.3) is 0 Å². The van der Waals surface area contributed by atoms with Gasteiger partial charge in [0.1, 0.15) is 0 Å². The van der Waals surface area contributed by atoms with Crippen LogP contribution in [0.4, 0.5) is 0 Å². The van der Waals surface area contributed by atoms with E-state index in [4.69, 9.17) is 9.84 Å². The summed E-state index contributed by atoms with van der Waals surface area (Å²) in [6.07, 6.45) is 6.00. The lowest BCUT2D eigenvalue weighted by Gasteiger charge is -2.15. The molecule has 0 rings (SSSR count). The largest absolute Gasteiger partial charge is 0.392 e. The third-order valence-corrected chi connectivity index (χ3v) is 1.74. The molecule has 0 aliphatic rings. The summed E-state index contributed by atoms with van der Waals surface area (Å²) in [6.45, 7) is 4.49. The lowest BCUT2D eigenvalue weighted by molar-refractivity contribution is 0.0868. The van der Waals surface area contributed by atoms with E-state index < -0.39 is 0 Å². The quantitative estimate of drug-likeness (QED) is 0.621. The Bertz CT molecular complexity index is 119. The second-order valence-electron chi connectivity index (χ2n) is 3.38. The van der Waals surface area contributed by atoms with Crippen molar-refractivity contribution < 1.29 is 9.84 Å². The van der Waals surface area contributed by atoms with Crippen LogP contribution in [0.15, 0.2) is 12.2 Å². The Morgan fingerprint density at radius 2 is 2.00 bits per heavy atom. The predicted octanol–water partition coefficient (Wildman–Crippen LogP) is 1.99. The average Bonchev–Trinajstić information content (AvgIpc) is 2.02. The topological polar surface area (TPSA) is 29.5 Å². The minimum atomic E-state index is 0.123. The average molecular weight is 172 g/mol. The normalized spacial score (nSPS) is 14.4. The Morgan fingerprint density at radius 3 is 2.42 bits per heavy atom.